The van der Waals surface area contributed by atoms with Crippen molar-refractivity contribution in [1.29, 1.82) is 0 Å². The molecule has 2 atom stereocenters. The number of ether oxygens (including phenoxy) is 1. The molecule has 2 rings (SSSR count). The van der Waals surface area contributed by atoms with E-state index in [9.17, 15) is 14.4 Å². The van der Waals surface area contributed by atoms with Crippen LogP contribution in [0.15, 0.2) is 46.3 Å². The minimum Gasteiger partial charge on any atom is -0.467 e. The molecule has 156 valence electrons. The summed E-state index contributed by atoms with van der Waals surface area (Å²) >= 11 is 2.62. The molecule has 29 heavy (non-hydrogen) atoms. The van der Waals surface area contributed by atoms with Crippen LogP contribution in [0.4, 0.5) is 5.82 Å². The smallest absolute Gasteiger partial charge is 0.329 e. The lowest BCUT2D eigenvalue weighted by Gasteiger charge is -2.20. The fourth-order valence-corrected chi connectivity index (χ4v) is 4.34. The Bertz CT molecular complexity index is 876. The molecule has 0 spiro atoms. The number of nitrogens with zero attached hydrogens (tertiary/aromatic N) is 1. The maximum atomic E-state index is 12.7. The summed E-state index contributed by atoms with van der Waals surface area (Å²) in [6.07, 6.45) is 0.472. The van der Waals surface area contributed by atoms with E-state index in [-0.39, 0.29) is 22.4 Å². The fraction of sp³-hybridized carbons (Fsp3) is 0.368. The normalized spacial score (nSPS) is 12.8. The molecule has 2 aromatic rings. The van der Waals surface area contributed by atoms with E-state index < -0.39 is 17.3 Å². The Morgan fingerprint density at radius 2 is 2.03 bits per heavy atom. The van der Waals surface area contributed by atoms with E-state index in [4.69, 9.17) is 10.5 Å². The van der Waals surface area contributed by atoms with E-state index in [1.807, 2.05) is 37.3 Å². The van der Waals surface area contributed by atoms with Gasteiger partial charge < -0.3 is 20.8 Å². The van der Waals surface area contributed by atoms with Crippen LogP contribution >= 0.6 is 23.5 Å². The van der Waals surface area contributed by atoms with Gasteiger partial charge in [0, 0.05) is 17.6 Å². The zero-order valence-corrected chi connectivity index (χ0v) is 17.8. The van der Waals surface area contributed by atoms with Crippen LogP contribution in [-0.4, -0.2) is 46.0 Å². The molecule has 1 amide bonds. The first kappa shape index (κ1) is 22.8. The largest absolute Gasteiger partial charge is 0.467 e. The van der Waals surface area contributed by atoms with Gasteiger partial charge in [-0.1, -0.05) is 49.0 Å². The van der Waals surface area contributed by atoms with Crippen LogP contribution in [0.1, 0.15) is 18.9 Å². The number of anilines is 1. The maximum absolute atomic E-state index is 12.7. The summed E-state index contributed by atoms with van der Waals surface area (Å²) in [5.74, 6) is 0.329. The molecular weight excluding hydrogens is 412 g/mol. The number of carbonyl (C=O) groups is 2. The van der Waals surface area contributed by atoms with Gasteiger partial charge in [-0.3, -0.25) is 9.59 Å². The van der Waals surface area contributed by atoms with Crippen LogP contribution in [-0.2, 0) is 20.1 Å². The molecule has 4 N–H and O–H groups in total. The van der Waals surface area contributed by atoms with Crippen molar-refractivity contribution in [2.75, 3.05) is 18.6 Å². The lowest BCUT2D eigenvalue weighted by molar-refractivity contribution is -0.144. The number of nitrogens with two attached hydrogens (primary N) is 1. The van der Waals surface area contributed by atoms with Crippen LogP contribution in [0, 0.1) is 0 Å². The Hall–Kier alpha value is -2.46. The van der Waals surface area contributed by atoms with Crippen molar-refractivity contribution >= 4 is 41.2 Å². The van der Waals surface area contributed by atoms with Gasteiger partial charge in [0.05, 0.1) is 12.4 Å². The van der Waals surface area contributed by atoms with Crippen molar-refractivity contribution in [3.05, 3.63) is 52.3 Å². The monoisotopic (exact) mass is 436 g/mol. The van der Waals surface area contributed by atoms with Gasteiger partial charge in [-0.25, -0.2) is 9.78 Å². The highest BCUT2D eigenvalue weighted by Gasteiger charge is 2.26. The number of amides is 1. The number of hydrogen-bond donors (Lipinski definition) is 3. The molecule has 1 aromatic carbocycles. The molecule has 0 aliphatic carbocycles. The van der Waals surface area contributed by atoms with Crippen LogP contribution in [0.2, 0.25) is 0 Å². The summed E-state index contributed by atoms with van der Waals surface area (Å²) in [5.41, 5.74) is 6.33. The minimum absolute atomic E-state index is 0.0799. The predicted octanol–water partition coefficient (Wildman–Crippen LogP) is 1.81. The van der Waals surface area contributed by atoms with Gasteiger partial charge in [-0.2, -0.15) is 11.8 Å². The summed E-state index contributed by atoms with van der Waals surface area (Å²) in [6, 6.07) is 10.2. The van der Waals surface area contributed by atoms with Crippen molar-refractivity contribution in [2.45, 2.75) is 35.5 Å². The van der Waals surface area contributed by atoms with Gasteiger partial charge in [-0.05, 0) is 12.0 Å². The van der Waals surface area contributed by atoms with Gasteiger partial charge in [0.2, 0.25) is 5.91 Å². The molecule has 0 aliphatic heterocycles. The van der Waals surface area contributed by atoms with Crippen molar-refractivity contribution in [3.8, 4) is 0 Å². The fourth-order valence-electron chi connectivity index (χ4n) is 2.41. The highest BCUT2D eigenvalue weighted by Crippen LogP contribution is 2.22. The SMILES string of the molecule is CC[C@@H](Sc1nc(N)cc(=O)[nH]1)C(=O)N[C@@H](CSCc1ccccc1)C(=O)OC. The molecule has 0 unspecified atom stereocenters. The first-order valence-electron chi connectivity index (χ1n) is 8.96. The van der Waals surface area contributed by atoms with Crippen molar-refractivity contribution in [2.24, 2.45) is 0 Å². The summed E-state index contributed by atoms with van der Waals surface area (Å²) in [6.45, 7) is 1.83. The van der Waals surface area contributed by atoms with E-state index in [2.05, 4.69) is 15.3 Å². The number of rotatable bonds is 10. The number of methoxy groups -OCH3 is 1. The van der Waals surface area contributed by atoms with E-state index in [0.29, 0.717) is 17.9 Å². The highest BCUT2D eigenvalue weighted by atomic mass is 32.2. The van der Waals surface area contributed by atoms with Gasteiger partial charge in [0.1, 0.15) is 11.9 Å². The molecule has 8 nitrogen and oxygen atoms in total. The van der Waals surface area contributed by atoms with Crippen LogP contribution in [0.5, 0.6) is 0 Å². The number of benzene rings is 1. The number of nitrogen functional groups attached to an aromatic ring is 1. The number of esters is 1. The molecule has 0 aliphatic rings. The molecule has 0 bridgehead atoms. The zero-order valence-electron chi connectivity index (χ0n) is 16.2. The summed E-state index contributed by atoms with van der Waals surface area (Å²) in [7, 11) is 1.29. The summed E-state index contributed by atoms with van der Waals surface area (Å²) < 4.78 is 4.83. The average molecular weight is 437 g/mol. The summed E-state index contributed by atoms with van der Waals surface area (Å²) in [5, 5.41) is 2.45. The second-order valence-electron chi connectivity index (χ2n) is 6.08. The van der Waals surface area contributed by atoms with Crippen molar-refractivity contribution < 1.29 is 14.3 Å². The number of thioether (sulfide) groups is 2. The summed E-state index contributed by atoms with van der Waals surface area (Å²) in [4.78, 5) is 42.9. The zero-order chi connectivity index (χ0) is 21.2. The highest BCUT2D eigenvalue weighted by molar-refractivity contribution is 8.00. The first-order valence-corrected chi connectivity index (χ1v) is 11.0. The third kappa shape index (κ3) is 7.47. The Kier molecular flexibility index (Phi) is 9.07. The number of nitrogens with one attached hydrogen (secondary N) is 2. The predicted molar refractivity (Wildman–Crippen MR) is 116 cm³/mol. The van der Waals surface area contributed by atoms with Crippen LogP contribution in [0.25, 0.3) is 0 Å². The number of hydrogen-bond acceptors (Lipinski definition) is 8. The molecule has 0 saturated carbocycles. The van der Waals surface area contributed by atoms with E-state index >= 15 is 0 Å². The Morgan fingerprint density at radius 1 is 1.31 bits per heavy atom. The van der Waals surface area contributed by atoms with Gasteiger partial charge in [0.15, 0.2) is 5.16 Å². The quantitative estimate of drug-likeness (QED) is 0.292. The van der Waals surface area contributed by atoms with Crippen LogP contribution in [0.3, 0.4) is 0 Å². The average Bonchev–Trinajstić information content (AvgIpc) is 2.70. The first-order chi connectivity index (χ1) is 13.9. The molecule has 1 heterocycles. The number of aromatic nitrogens is 2. The van der Waals surface area contributed by atoms with Crippen molar-refractivity contribution in [3.63, 3.8) is 0 Å². The van der Waals surface area contributed by atoms with E-state index in [1.54, 1.807) is 0 Å². The number of aromatic amines is 1. The molecular formula is C19H24N4O4S2. The second kappa shape index (κ2) is 11.5. The Morgan fingerprint density at radius 3 is 2.66 bits per heavy atom. The van der Waals surface area contributed by atoms with Gasteiger partial charge >= 0.3 is 5.97 Å². The topological polar surface area (TPSA) is 127 Å². The van der Waals surface area contributed by atoms with Gasteiger partial charge in [0.25, 0.3) is 5.56 Å². The molecule has 0 radical (unpaired) electrons. The standard InChI is InChI=1S/C19H24N4O4S2/c1-3-14(29-19-22-15(20)9-16(24)23-19)17(25)21-13(18(26)27-2)11-28-10-12-7-5-4-6-8-12/h4-9,13-14H,3,10-11H2,1-2H3,(H,21,25)(H3,20,22,23,24)/t13-,14+/m0/s1. The molecule has 0 fully saturated rings. The Labute approximate surface area is 177 Å². The lowest BCUT2D eigenvalue weighted by Crippen LogP contribution is -2.46. The number of H-pyrrole nitrogens is 1. The van der Waals surface area contributed by atoms with E-state index in [0.717, 1.165) is 17.3 Å². The lowest BCUT2D eigenvalue weighted by atomic mass is 10.2. The van der Waals surface area contributed by atoms with Crippen LogP contribution < -0.4 is 16.6 Å². The molecule has 1 aromatic heterocycles. The minimum atomic E-state index is -0.774. The van der Waals surface area contributed by atoms with Gasteiger partial charge in [-0.15, -0.1) is 0 Å². The Balaban J connectivity index is 1.98. The number of carbonyl (C=O) groups excluding carboxylic acids is 2. The maximum Gasteiger partial charge on any atom is 0.329 e. The third-order valence-corrected chi connectivity index (χ3v) is 6.21. The molecule has 0 saturated heterocycles. The van der Waals surface area contributed by atoms with E-state index in [1.165, 1.54) is 24.9 Å². The second-order valence-corrected chi connectivity index (χ2v) is 8.30. The molecule has 10 heteroatoms. The third-order valence-electron chi connectivity index (χ3n) is 3.86. The van der Waals surface area contributed by atoms with Crippen molar-refractivity contribution in [1.82, 2.24) is 15.3 Å².